The Morgan fingerprint density at radius 3 is 1.38 bits per heavy atom. The summed E-state index contributed by atoms with van der Waals surface area (Å²) in [5, 5.41) is 2.75. The molecule has 0 spiro atoms. The summed E-state index contributed by atoms with van der Waals surface area (Å²) in [5.41, 5.74) is 4.99. The van der Waals surface area contributed by atoms with Crippen molar-refractivity contribution in [3.8, 4) is 0 Å². The van der Waals surface area contributed by atoms with E-state index in [2.05, 4.69) is 45.2 Å². The minimum atomic E-state index is -0.388. The van der Waals surface area contributed by atoms with Gasteiger partial charge in [0.15, 0.2) is 0 Å². The van der Waals surface area contributed by atoms with Crippen molar-refractivity contribution < 1.29 is 19.1 Å². The quantitative estimate of drug-likeness (QED) is 0.324. The standard InChI is InChI=1S/C24H39NO4/c1-19(2)9-7-11-21(5)13-15-28-23(26)17-25-18-24(27)29-16-14-22(6)12-8-10-20(3)4/h9-10,13-14,25H,7-8,11-12,15-18H2,1-6H3/b21-13+,22-14+. The van der Waals surface area contributed by atoms with Crippen LogP contribution in [0.3, 0.4) is 0 Å². The molecule has 164 valence electrons. The van der Waals surface area contributed by atoms with Gasteiger partial charge in [-0.05, 0) is 79.4 Å². The van der Waals surface area contributed by atoms with Gasteiger partial charge in [0, 0.05) is 0 Å². The second kappa shape index (κ2) is 16.8. The summed E-state index contributed by atoms with van der Waals surface area (Å²) >= 11 is 0. The minimum Gasteiger partial charge on any atom is -0.460 e. The first-order chi connectivity index (χ1) is 13.7. The molecule has 0 aromatic carbocycles. The fourth-order valence-electron chi connectivity index (χ4n) is 2.30. The van der Waals surface area contributed by atoms with Crippen molar-refractivity contribution in [1.82, 2.24) is 5.32 Å². The third-order valence-electron chi connectivity index (χ3n) is 4.07. The number of hydrogen-bond acceptors (Lipinski definition) is 5. The first kappa shape index (κ1) is 26.9. The van der Waals surface area contributed by atoms with E-state index >= 15 is 0 Å². The molecule has 0 radical (unpaired) electrons. The van der Waals surface area contributed by atoms with Gasteiger partial charge in [-0.3, -0.25) is 14.9 Å². The van der Waals surface area contributed by atoms with E-state index in [1.165, 1.54) is 22.3 Å². The normalized spacial score (nSPS) is 11.7. The maximum Gasteiger partial charge on any atom is 0.320 e. The summed E-state index contributed by atoms with van der Waals surface area (Å²) in [7, 11) is 0. The lowest BCUT2D eigenvalue weighted by Gasteiger charge is -2.06. The smallest absolute Gasteiger partial charge is 0.320 e. The maximum absolute atomic E-state index is 11.7. The van der Waals surface area contributed by atoms with Crippen LogP contribution in [0.15, 0.2) is 46.6 Å². The van der Waals surface area contributed by atoms with Crippen molar-refractivity contribution in [3.63, 3.8) is 0 Å². The molecule has 0 aliphatic heterocycles. The first-order valence-electron chi connectivity index (χ1n) is 10.3. The number of nitrogens with one attached hydrogen (secondary N) is 1. The number of carbonyl (C=O) groups excluding carboxylic acids is 2. The molecule has 0 heterocycles. The summed E-state index contributed by atoms with van der Waals surface area (Å²) in [4.78, 5) is 23.3. The zero-order valence-electron chi connectivity index (χ0n) is 19.1. The van der Waals surface area contributed by atoms with Gasteiger partial charge >= 0.3 is 11.9 Å². The third kappa shape index (κ3) is 19.0. The fraction of sp³-hybridized carbons (Fsp3) is 0.583. The van der Waals surface area contributed by atoms with Crippen LogP contribution in [-0.4, -0.2) is 38.2 Å². The van der Waals surface area contributed by atoms with Crippen LogP contribution in [0.25, 0.3) is 0 Å². The van der Waals surface area contributed by atoms with Crippen LogP contribution in [0.4, 0.5) is 0 Å². The van der Waals surface area contributed by atoms with E-state index in [1.807, 2.05) is 26.0 Å². The highest BCUT2D eigenvalue weighted by Gasteiger charge is 2.05. The Labute approximate surface area is 176 Å². The molecule has 1 N–H and O–H groups in total. The Morgan fingerprint density at radius 1 is 0.655 bits per heavy atom. The Kier molecular flexibility index (Phi) is 15.5. The first-order valence-corrected chi connectivity index (χ1v) is 10.3. The molecule has 0 aliphatic carbocycles. The lowest BCUT2D eigenvalue weighted by molar-refractivity contribution is -0.142. The number of carbonyl (C=O) groups is 2. The molecule has 5 heteroatoms. The minimum absolute atomic E-state index is 0.0165. The number of allylic oxidation sites excluding steroid dienone is 6. The molecule has 0 fully saturated rings. The van der Waals surface area contributed by atoms with Crippen molar-refractivity contribution in [2.24, 2.45) is 0 Å². The van der Waals surface area contributed by atoms with Gasteiger partial charge in [-0.15, -0.1) is 0 Å². The zero-order valence-corrected chi connectivity index (χ0v) is 19.1. The topological polar surface area (TPSA) is 64.6 Å². The van der Waals surface area contributed by atoms with Crippen LogP contribution in [0, 0.1) is 0 Å². The van der Waals surface area contributed by atoms with Gasteiger partial charge in [0.1, 0.15) is 13.2 Å². The predicted molar refractivity (Wildman–Crippen MR) is 120 cm³/mol. The Morgan fingerprint density at radius 2 is 1.03 bits per heavy atom. The Hall–Kier alpha value is -2.14. The van der Waals surface area contributed by atoms with Gasteiger partial charge in [0.2, 0.25) is 0 Å². The highest BCUT2D eigenvalue weighted by molar-refractivity contribution is 5.75. The molecule has 0 saturated heterocycles. The van der Waals surface area contributed by atoms with E-state index in [0.717, 1.165) is 25.7 Å². The molecule has 5 nitrogen and oxygen atoms in total. The highest BCUT2D eigenvalue weighted by Crippen LogP contribution is 2.07. The van der Waals surface area contributed by atoms with Crippen molar-refractivity contribution in [2.75, 3.05) is 26.3 Å². The molecule has 0 saturated carbocycles. The van der Waals surface area contributed by atoms with Gasteiger partial charge in [0.25, 0.3) is 0 Å². The van der Waals surface area contributed by atoms with Crippen LogP contribution < -0.4 is 5.32 Å². The van der Waals surface area contributed by atoms with Crippen molar-refractivity contribution in [3.05, 3.63) is 46.6 Å². The molecule has 0 amide bonds. The highest BCUT2D eigenvalue weighted by atomic mass is 16.5. The van der Waals surface area contributed by atoms with Crippen LogP contribution in [0.5, 0.6) is 0 Å². The fourth-order valence-corrected chi connectivity index (χ4v) is 2.30. The van der Waals surface area contributed by atoms with Crippen LogP contribution in [-0.2, 0) is 19.1 Å². The molecule has 0 unspecified atom stereocenters. The van der Waals surface area contributed by atoms with Gasteiger partial charge in [-0.1, -0.05) is 34.4 Å². The van der Waals surface area contributed by atoms with E-state index in [0.29, 0.717) is 0 Å². The van der Waals surface area contributed by atoms with E-state index in [9.17, 15) is 9.59 Å². The van der Waals surface area contributed by atoms with E-state index in [-0.39, 0.29) is 38.2 Å². The summed E-state index contributed by atoms with van der Waals surface area (Å²) in [6.45, 7) is 12.8. The molecule has 0 aliphatic rings. The number of esters is 2. The van der Waals surface area contributed by atoms with E-state index in [4.69, 9.17) is 9.47 Å². The largest absolute Gasteiger partial charge is 0.460 e. The lowest BCUT2D eigenvalue weighted by Crippen LogP contribution is -2.30. The lowest BCUT2D eigenvalue weighted by atomic mass is 10.1. The molecule has 0 aromatic rings. The summed E-state index contributed by atoms with van der Waals surface area (Å²) in [5.74, 6) is -0.776. The average molecular weight is 406 g/mol. The van der Waals surface area contributed by atoms with Gasteiger partial charge in [-0.2, -0.15) is 0 Å². The van der Waals surface area contributed by atoms with Crippen LogP contribution >= 0.6 is 0 Å². The van der Waals surface area contributed by atoms with Gasteiger partial charge in [-0.25, -0.2) is 0 Å². The van der Waals surface area contributed by atoms with E-state index in [1.54, 1.807) is 0 Å². The van der Waals surface area contributed by atoms with Gasteiger partial charge < -0.3 is 9.47 Å². The maximum atomic E-state index is 11.7. The predicted octanol–water partition coefficient (Wildman–Crippen LogP) is 5.05. The van der Waals surface area contributed by atoms with E-state index < -0.39 is 0 Å². The molecule has 0 rings (SSSR count). The SMILES string of the molecule is CC(C)=CCC/C(C)=C/COC(=O)CNCC(=O)OC/C=C(\C)CCC=C(C)C. The second-order valence-electron chi connectivity index (χ2n) is 7.71. The van der Waals surface area contributed by atoms with Crippen molar-refractivity contribution in [2.45, 2.75) is 67.2 Å². The molecular weight excluding hydrogens is 366 g/mol. The summed E-state index contributed by atoms with van der Waals surface area (Å²) in [6, 6.07) is 0. The molecular formula is C24H39NO4. The molecule has 0 atom stereocenters. The Bertz CT molecular complexity index is 565. The number of hydrogen-bond donors (Lipinski definition) is 1. The van der Waals surface area contributed by atoms with Gasteiger partial charge in [0.05, 0.1) is 13.1 Å². The average Bonchev–Trinajstić information content (AvgIpc) is 2.61. The van der Waals surface area contributed by atoms with Crippen LogP contribution in [0.1, 0.15) is 67.2 Å². The number of rotatable bonds is 14. The number of ether oxygens (including phenoxy) is 2. The molecule has 0 bridgehead atoms. The molecule has 29 heavy (non-hydrogen) atoms. The van der Waals surface area contributed by atoms with Crippen molar-refractivity contribution in [1.29, 1.82) is 0 Å². The summed E-state index contributed by atoms with van der Waals surface area (Å²) < 4.78 is 10.3. The van der Waals surface area contributed by atoms with Crippen LogP contribution in [0.2, 0.25) is 0 Å². The second-order valence-corrected chi connectivity index (χ2v) is 7.71. The zero-order chi connectivity index (χ0) is 22.1. The molecule has 0 aromatic heterocycles. The Balaban J connectivity index is 3.86. The monoisotopic (exact) mass is 405 g/mol. The van der Waals surface area contributed by atoms with Crippen molar-refractivity contribution >= 4 is 11.9 Å². The third-order valence-corrected chi connectivity index (χ3v) is 4.07. The summed E-state index contributed by atoms with van der Waals surface area (Å²) in [6.07, 6.45) is 12.1.